The molecule has 9 nitrogen and oxygen atoms in total. The highest BCUT2D eigenvalue weighted by Gasteiger charge is 2.30. The number of nitro groups is 1. The molecule has 2 aromatic rings. The van der Waals surface area contributed by atoms with E-state index in [1.807, 2.05) is 0 Å². The fourth-order valence-corrected chi connectivity index (χ4v) is 3.28. The Morgan fingerprint density at radius 2 is 1.93 bits per heavy atom. The third-order valence-corrected chi connectivity index (χ3v) is 4.85. The quantitative estimate of drug-likeness (QED) is 0.453. The van der Waals surface area contributed by atoms with Crippen LogP contribution in [0.15, 0.2) is 35.1 Å². The van der Waals surface area contributed by atoms with Crippen molar-refractivity contribution in [3.05, 3.63) is 62.1 Å². The number of amides is 1. The van der Waals surface area contributed by atoms with Crippen LogP contribution in [0.2, 0.25) is 0 Å². The van der Waals surface area contributed by atoms with Gasteiger partial charge in [-0.15, -0.1) is 0 Å². The standard InChI is InChI=1S/C19H19N3O6/c1-10-5-7-14(22(26)27)19(25)21(10)11(2)17(23)13-6-8-16-15(9-13)20(4)18(24)12(3)28-16/h5-9,11-12H,1-4H3. The van der Waals surface area contributed by atoms with E-state index >= 15 is 0 Å². The van der Waals surface area contributed by atoms with Crippen molar-refractivity contribution in [3.63, 3.8) is 0 Å². The minimum Gasteiger partial charge on any atom is -0.479 e. The Kier molecular flexibility index (Phi) is 4.76. The fourth-order valence-electron chi connectivity index (χ4n) is 3.28. The Morgan fingerprint density at radius 3 is 2.57 bits per heavy atom. The number of carbonyl (C=O) groups excluding carboxylic acids is 2. The molecule has 2 unspecified atom stereocenters. The molecule has 0 saturated heterocycles. The van der Waals surface area contributed by atoms with Crippen molar-refractivity contribution in [2.24, 2.45) is 0 Å². The number of hydrogen-bond acceptors (Lipinski definition) is 6. The van der Waals surface area contributed by atoms with E-state index in [-0.39, 0.29) is 11.5 Å². The molecule has 1 amide bonds. The Balaban J connectivity index is 2.02. The second-order valence-electron chi connectivity index (χ2n) is 6.67. The second-order valence-corrected chi connectivity index (χ2v) is 6.67. The third kappa shape index (κ3) is 3.04. The van der Waals surface area contributed by atoms with Gasteiger partial charge in [0.1, 0.15) is 5.75 Å². The Morgan fingerprint density at radius 1 is 1.25 bits per heavy atom. The molecule has 0 saturated carbocycles. The number of Topliss-reactive ketones (excluding diaryl/α,β-unsaturated/α-hetero) is 1. The van der Waals surface area contributed by atoms with Gasteiger partial charge in [0.25, 0.3) is 5.91 Å². The van der Waals surface area contributed by atoms with E-state index in [1.165, 1.54) is 24.0 Å². The van der Waals surface area contributed by atoms with Crippen molar-refractivity contribution in [1.82, 2.24) is 4.57 Å². The number of ether oxygens (including phenoxy) is 1. The summed E-state index contributed by atoms with van der Waals surface area (Å²) in [5.74, 6) is -0.175. The number of likely N-dealkylation sites (N-methyl/N-ethyl adjacent to an activating group) is 1. The summed E-state index contributed by atoms with van der Waals surface area (Å²) in [7, 11) is 1.59. The van der Waals surface area contributed by atoms with Crippen molar-refractivity contribution >= 4 is 23.1 Å². The number of nitrogens with zero attached hydrogens (tertiary/aromatic N) is 3. The zero-order chi connectivity index (χ0) is 20.7. The number of fused-ring (bicyclic) bond motifs is 1. The molecule has 28 heavy (non-hydrogen) atoms. The van der Waals surface area contributed by atoms with Gasteiger partial charge in [0, 0.05) is 24.4 Å². The van der Waals surface area contributed by atoms with E-state index in [0.717, 1.165) is 10.6 Å². The molecule has 146 valence electrons. The van der Waals surface area contributed by atoms with Crippen LogP contribution in [0.25, 0.3) is 0 Å². The van der Waals surface area contributed by atoms with Crippen LogP contribution in [0.3, 0.4) is 0 Å². The highest BCUT2D eigenvalue weighted by atomic mass is 16.6. The number of anilines is 1. The summed E-state index contributed by atoms with van der Waals surface area (Å²) in [5, 5.41) is 11.1. The Hall–Kier alpha value is -3.49. The molecule has 0 fully saturated rings. The second kappa shape index (κ2) is 6.91. The predicted molar refractivity (Wildman–Crippen MR) is 101 cm³/mol. The lowest BCUT2D eigenvalue weighted by molar-refractivity contribution is -0.386. The van der Waals surface area contributed by atoms with Gasteiger partial charge < -0.3 is 9.64 Å². The summed E-state index contributed by atoms with van der Waals surface area (Å²) in [6.07, 6.45) is -0.621. The van der Waals surface area contributed by atoms with Gasteiger partial charge in [-0.05, 0) is 45.0 Å². The number of benzene rings is 1. The largest absolute Gasteiger partial charge is 0.479 e. The predicted octanol–water partition coefficient (Wildman–Crippen LogP) is 2.25. The maximum Gasteiger partial charge on any atom is 0.334 e. The van der Waals surface area contributed by atoms with Crippen LogP contribution in [-0.2, 0) is 4.79 Å². The summed E-state index contributed by atoms with van der Waals surface area (Å²) in [5.41, 5.74) is -0.290. The van der Waals surface area contributed by atoms with Crippen LogP contribution in [0.4, 0.5) is 11.4 Å². The molecule has 2 heterocycles. The summed E-state index contributed by atoms with van der Waals surface area (Å²) < 4.78 is 6.65. The highest BCUT2D eigenvalue weighted by Crippen LogP contribution is 2.34. The average Bonchev–Trinajstić information content (AvgIpc) is 2.65. The molecular weight excluding hydrogens is 366 g/mol. The molecule has 1 aliphatic rings. The first kappa shape index (κ1) is 19.3. The van der Waals surface area contributed by atoms with E-state index in [1.54, 1.807) is 33.0 Å². The monoisotopic (exact) mass is 385 g/mol. The van der Waals surface area contributed by atoms with Gasteiger partial charge in [-0.2, -0.15) is 0 Å². The molecular formula is C19H19N3O6. The minimum absolute atomic E-state index is 0.240. The van der Waals surface area contributed by atoms with Crippen LogP contribution in [0.1, 0.15) is 35.9 Å². The van der Waals surface area contributed by atoms with E-state index in [4.69, 9.17) is 4.74 Å². The third-order valence-electron chi connectivity index (χ3n) is 4.85. The highest BCUT2D eigenvalue weighted by molar-refractivity contribution is 6.03. The van der Waals surface area contributed by atoms with Gasteiger partial charge in [-0.1, -0.05) is 0 Å². The van der Waals surface area contributed by atoms with Gasteiger partial charge in [0.15, 0.2) is 11.9 Å². The van der Waals surface area contributed by atoms with Gasteiger partial charge in [-0.25, -0.2) is 0 Å². The first-order chi connectivity index (χ1) is 13.1. The molecule has 1 aromatic heterocycles. The number of aromatic nitrogens is 1. The Bertz CT molecular complexity index is 1060. The lowest BCUT2D eigenvalue weighted by Gasteiger charge is -2.30. The zero-order valence-corrected chi connectivity index (χ0v) is 15.8. The van der Waals surface area contributed by atoms with Crippen molar-refractivity contribution in [2.45, 2.75) is 32.9 Å². The number of ketones is 1. The normalized spacial score (nSPS) is 16.9. The number of rotatable bonds is 4. The van der Waals surface area contributed by atoms with Crippen LogP contribution < -0.4 is 15.2 Å². The maximum absolute atomic E-state index is 13.0. The van der Waals surface area contributed by atoms with Crippen LogP contribution >= 0.6 is 0 Å². The average molecular weight is 385 g/mol. The van der Waals surface area contributed by atoms with Crippen molar-refractivity contribution in [3.8, 4) is 5.75 Å². The van der Waals surface area contributed by atoms with Crippen LogP contribution in [-0.4, -0.2) is 34.3 Å². The molecule has 3 rings (SSSR count). The SMILES string of the molecule is Cc1ccc([N+](=O)[O-])c(=O)n1C(C)C(=O)c1ccc2c(c1)N(C)C(=O)C(C)O2. The van der Waals surface area contributed by atoms with E-state index in [2.05, 4.69) is 0 Å². The molecule has 2 atom stereocenters. The van der Waals surface area contributed by atoms with Gasteiger partial charge in [-0.3, -0.25) is 29.1 Å². The van der Waals surface area contributed by atoms with E-state index < -0.39 is 34.1 Å². The van der Waals surface area contributed by atoms with Crippen LogP contribution in [0, 0.1) is 17.0 Å². The molecule has 0 N–H and O–H groups in total. The molecule has 9 heteroatoms. The van der Waals surface area contributed by atoms with Crippen molar-refractivity contribution in [1.29, 1.82) is 0 Å². The number of hydrogen-bond donors (Lipinski definition) is 0. The van der Waals surface area contributed by atoms with Gasteiger partial charge in [0.05, 0.1) is 16.7 Å². The molecule has 0 radical (unpaired) electrons. The van der Waals surface area contributed by atoms with Crippen molar-refractivity contribution in [2.75, 3.05) is 11.9 Å². The smallest absolute Gasteiger partial charge is 0.334 e. The maximum atomic E-state index is 13.0. The van der Waals surface area contributed by atoms with Gasteiger partial charge >= 0.3 is 11.2 Å². The molecule has 0 spiro atoms. The summed E-state index contributed by atoms with van der Waals surface area (Å²) in [4.78, 5) is 49.3. The molecule has 1 aliphatic heterocycles. The lowest BCUT2D eigenvalue weighted by atomic mass is 10.0. The van der Waals surface area contributed by atoms with E-state index in [9.17, 15) is 24.5 Å². The minimum atomic E-state index is -0.963. The summed E-state index contributed by atoms with van der Waals surface area (Å²) in [6.45, 7) is 4.75. The number of carbonyl (C=O) groups is 2. The zero-order valence-electron chi connectivity index (χ0n) is 15.8. The molecule has 0 bridgehead atoms. The summed E-state index contributed by atoms with van der Waals surface area (Å²) >= 11 is 0. The number of aryl methyl sites for hydroxylation is 1. The lowest BCUT2D eigenvalue weighted by Crippen LogP contribution is -2.42. The van der Waals surface area contributed by atoms with E-state index in [0.29, 0.717) is 17.1 Å². The van der Waals surface area contributed by atoms with Crippen LogP contribution in [0.5, 0.6) is 5.75 Å². The summed E-state index contributed by atoms with van der Waals surface area (Å²) in [6, 6.07) is 6.26. The Labute approximate surface area is 160 Å². The van der Waals surface area contributed by atoms with Gasteiger partial charge in [0.2, 0.25) is 0 Å². The first-order valence-electron chi connectivity index (χ1n) is 8.62. The topological polar surface area (TPSA) is 112 Å². The first-order valence-corrected chi connectivity index (χ1v) is 8.62. The molecule has 1 aromatic carbocycles. The fraction of sp³-hybridized carbons (Fsp3) is 0.316. The molecule has 0 aliphatic carbocycles. The number of pyridine rings is 1. The van der Waals surface area contributed by atoms with Crippen molar-refractivity contribution < 1.29 is 19.2 Å².